The van der Waals surface area contributed by atoms with Crippen LogP contribution in [0.15, 0.2) is 60.7 Å². The van der Waals surface area contributed by atoms with Crippen molar-refractivity contribution in [3.63, 3.8) is 0 Å². The van der Waals surface area contributed by atoms with Crippen LogP contribution in [0.1, 0.15) is 32.6 Å². The highest BCUT2D eigenvalue weighted by Gasteiger charge is 2.20. The van der Waals surface area contributed by atoms with Crippen molar-refractivity contribution in [2.45, 2.75) is 27.7 Å². The lowest BCUT2D eigenvalue weighted by atomic mass is 9.96. The zero-order chi connectivity index (χ0) is 22.1. The van der Waals surface area contributed by atoms with Crippen molar-refractivity contribution in [3.8, 4) is 17.0 Å². The Labute approximate surface area is 182 Å². The highest BCUT2D eigenvalue weighted by molar-refractivity contribution is 6.14. The molecule has 1 N–H and O–H groups in total. The lowest BCUT2D eigenvalue weighted by molar-refractivity contribution is 0.102. The van der Waals surface area contributed by atoms with Gasteiger partial charge < -0.3 is 10.1 Å². The molecule has 3 aromatic carbocycles. The molecule has 0 radical (unpaired) electrons. The van der Waals surface area contributed by atoms with Gasteiger partial charge in [-0.25, -0.2) is 4.98 Å². The second-order valence-electron chi connectivity index (χ2n) is 7.93. The fourth-order valence-corrected chi connectivity index (χ4v) is 4.18. The first-order valence-corrected chi connectivity index (χ1v) is 10.3. The first-order chi connectivity index (χ1) is 14.9. The van der Waals surface area contributed by atoms with Gasteiger partial charge in [-0.2, -0.15) is 0 Å². The predicted octanol–water partition coefficient (Wildman–Crippen LogP) is 6.40. The van der Waals surface area contributed by atoms with Crippen LogP contribution in [0.25, 0.3) is 22.2 Å². The van der Waals surface area contributed by atoms with Gasteiger partial charge in [0, 0.05) is 16.6 Å². The van der Waals surface area contributed by atoms with Crippen LogP contribution in [-0.2, 0) is 0 Å². The Morgan fingerprint density at radius 3 is 2.19 bits per heavy atom. The molecular formula is C27H26N2O2. The van der Waals surface area contributed by atoms with Crippen molar-refractivity contribution in [1.82, 2.24) is 4.98 Å². The maximum Gasteiger partial charge on any atom is 0.256 e. The number of aromatic nitrogens is 1. The smallest absolute Gasteiger partial charge is 0.256 e. The zero-order valence-electron chi connectivity index (χ0n) is 18.5. The summed E-state index contributed by atoms with van der Waals surface area (Å²) in [5, 5.41) is 4.01. The molecule has 1 amide bonds. The number of fused-ring (bicyclic) bond motifs is 1. The number of carbonyl (C=O) groups is 1. The Bertz CT molecular complexity index is 1270. The molecule has 156 valence electrons. The van der Waals surface area contributed by atoms with E-state index in [2.05, 4.69) is 24.4 Å². The molecular weight excluding hydrogens is 384 g/mol. The van der Waals surface area contributed by atoms with Crippen molar-refractivity contribution in [2.24, 2.45) is 0 Å². The van der Waals surface area contributed by atoms with Crippen molar-refractivity contribution in [2.75, 3.05) is 12.4 Å². The van der Waals surface area contributed by atoms with E-state index >= 15 is 0 Å². The molecule has 4 heteroatoms. The molecule has 0 bridgehead atoms. The van der Waals surface area contributed by atoms with E-state index in [1.54, 1.807) is 7.11 Å². The number of nitrogens with zero attached hydrogens (tertiary/aromatic N) is 1. The Kier molecular flexibility index (Phi) is 5.47. The fourth-order valence-electron chi connectivity index (χ4n) is 4.18. The second kappa shape index (κ2) is 8.23. The Balaban J connectivity index is 1.86. The number of carbonyl (C=O) groups excluding carboxylic acids is 1. The summed E-state index contributed by atoms with van der Waals surface area (Å²) in [5.41, 5.74) is 8.18. The molecule has 4 rings (SSSR count). The van der Waals surface area contributed by atoms with Gasteiger partial charge in [-0.15, -0.1) is 0 Å². The predicted molar refractivity (Wildman–Crippen MR) is 127 cm³/mol. The number of amides is 1. The number of methoxy groups -OCH3 is 1. The second-order valence-corrected chi connectivity index (χ2v) is 7.93. The third-order valence-corrected chi connectivity index (χ3v) is 5.64. The number of para-hydroxylation sites is 1. The number of aryl methyl sites for hydroxylation is 3. The summed E-state index contributed by atoms with van der Waals surface area (Å²) in [6.45, 7) is 8.07. The Morgan fingerprint density at radius 2 is 1.55 bits per heavy atom. The highest BCUT2D eigenvalue weighted by Crippen LogP contribution is 2.32. The topological polar surface area (TPSA) is 51.2 Å². The van der Waals surface area contributed by atoms with Gasteiger partial charge >= 0.3 is 0 Å². The first kappa shape index (κ1) is 20.6. The summed E-state index contributed by atoms with van der Waals surface area (Å²) < 4.78 is 5.28. The standard InChI is InChI=1S/C27H26N2O2/c1-16-14-17(2)25(18(3)15-16)29-27(30)24-19(4)26(20-10-12-21(31-5)13-11-20)28-23-9-7-6-8-22(23)24/h6-15H,1-5H3,(H,29,30). The summed E-state index contributed by atoms with van der Waals surface area (Å²) in [6, 6.07) is 19.7. The average Bonchev–Trinajstić information content (AvgIpc) is 2.75. The molecule has 1 aromatic heterocycles. The fraction of sp³-hybridized carbons (Fsp3) is 0.185. The molecule has 31 heavy (non-hydrogen) atoms. The van der Waals surface area contributed by atoms with Crippen LogP contribution in [0.2, 0.25) is 0 Å². The number of pyridine rings is 1. The zero-order valence-corrected chi connectivity index (χ0v) is 18.5. The van der Waals surface area contributed by atoms with Gasteiger partial charge in [0.25, 0.3) is 5.91 Å². The average molecular weight is 411 g/mol. The van der Waals surface area contributed by atoms with E-state index in [-0.39, 0.29) is 5.91 Å². The van der Waals surface area contributed by atoms with E-state index in [1.807, 2.05) is 69.3 Å². The minimum absolute atomic E-state index is 0.124. The van der Waals surface area contributed by atoms with Gasteiger partial charge in [0.1, 0.15) is 5.75 Å². The molecule has 4 nitrogen and oxygen atoms in total. The van der Waals surface area contributed by atoms with Gasteiger partial charge in [0.05, 0.1) is 23.9 Å². The van der Waals surface area contributed by atoms with E-state index in [1.165, 1.54) is 5.56 Å². The summed E-state index contributed by atoms with van der Waals surface area (Å²) in [7, 11) is 1.64. The van der Waals surface area contributed by atoms with Crippen molar-refractivity contribution in [1.29, 1.82) is 0 Å². The van der Waals surface area contributed by atoms with E-state index in [9.17, 15) is 4.79 Å². The minimum atomic E-state index is -0.124. The number of ether oxygens (including phenoxy) is 1. The molecule has 0 unspecified atom stereocenters. The monoisotopic (exact) mass is 410 g/mol. The normalized spacial score (nSPS) is 10.9. The van der Waals surface area contributed by atoms with Gasteiger partial charge in [-0.05, 0) is 74.7 Å². The van der Waals surface area contributed by atoms with Crippen molar-refractivity contribution >= 4 is 22.5 Å². The van der Waals surface area contributed by atoms with Crippen LogP contribution in [0.5, 0.6) is 5.75 Å². The number of benzene rings is 3. The minimum Gasteiger partial charge on any atom is -0.497 e. The van der Waals surface area contributed by atoms with Crippen LogP contribution < -0.4 is 10.1 Å². The molecule has 0 saturated heterocycles. The van der Waals surface area contributed by atoms with Crippen LogP contribution in [0, 0.1) is 27.7 Å². The van der Waals surface area contributed by atoms with Crippen LogP contribution in [-0.4, -0.2) is 18.0 Å². The van der Waals surface area contributed by atoms with Crippen LogP contribution in [0.4, 0.5) is 5.69 Å². The SMILES string of the molecule is COc1ccc(-c2nc3ccccc3c(C(=O)Nc3c(C)cc(C)cc3C)c2C)cc1. The van der Waals surface area contributed by atoms with Crippen molar-refractivity contribution < 1.29 is 9.53 Å². The molecule has 0 aliphatic rings. The van der Waals surface area contributed by atoms with Crippen LogP contribution >= 0.6 is 0 Å². The number of anilines is 1. The number of hydrogen-bond donors (Lipinski definition) is 1. The molecule has 0 aliphatic carbocycles. The molecule has 0 saturated carbocycles. The van der Waals surface area contributed by atoms with E-state index in [4.69, 9.17) is 9.72 Å². The summed E-state index contributed by atoms with van der Waals surface area (Å²) in [4.78, 5) is 18.4. The number of hydrogen-bond acceptors (Lipinski definition) is 3. The summed E-state index contributed by atoms with van der Waals surface area (Å²) in [6.07, 6.45) is 0. The molecule has 0 aliphatic heterocycles. The number of nitrogens with one attached hydrogen (secondary N) is 1. The maximum absolute atomic E-state index is 13.6. The van der Waals surface area contributed by atoms with Gasteiger partial charge in [-0.1, -0.05) is 35.9 Å². The van der Waals surface area contributed by atoms with Gasteiger partial charge in [0.2, 0.25) is 0 Å². The Hall–Kier alpha value is -3.66. The third kappa shape index (κ3) is 3.89. The third-order valence-electron chi connectivity index (χ3n) is 5.64. The summed E-state index contributed by atoms with van der Waals surface area (Å²) >= 11 is 0. The van der Waals surface area contributed by atoms with E-state index in [0.717, 1.165) is 50.3 Å². The molecule has 0 spiro atoms. The largest absolute Gasteiger partial charge is 0.497 e. The van der Waals surface area contributed by atoms with Gasteiger partial charge in [-0.3, -0.25) is 4.79 Å². The van der Waals surface area contributed by atoms with E-state index in [0.29, 0.717) is 5.56 Å². The first-order valence-electron chi connectivity index (χ1n) is 10.3. The van der Waals surface area contributed by atoms with Crippen molar-refractivity contribution in [3.05, 3.63) is 88.5 Å². The van der Waals surface area contributed by atoms with E-state index < -0.39 is 0 Å². The molecule has 0 fully saturated rings. The molecule has 1 heterocycles. The summed E-state index contributed by atoms with van der Waals surface area (Å²) in [5.74, 6) is 0.659. The maximum atomic E-state index is 13.6. The molecule has 0 atom stereocenters. The molecule has 4 aromatic rings. The highest BCUT2D eigenvalue weighted by atomic mass is 16.5. The number of rotatable bonds is 4. The lowest BCUT2D eigenvalue weighted by Crippen LogP contribution is -2.17. The lowest BCUT2D eigenvalue weighted by Gasteiger charge is -2.17. The van der Waals surface area contributed by atoms with Crippen LogP contribution in [0.3, 0.4) is 0 Å². The van der Waals surface area contributed by atoms with Gasteiger partial charge in [0.15, 0.2) is 0 Å². The Morgan fingerprint density at radius 1 is 0.903 bits per heavy atom. The quantitative estimate of drug-likeness (QED) is 0.424.